The van der Waals surface area contributed by atoms with E-state index >= 15 is 0 Å². The Bertz CT molecular complexity index is 473. The maximum Gasteiger partial charge on any atom is 0.338 e. The van der Waals surface area contributed by atoms with E-state index in [1.807, 2.05) is 5.01 Å². The van der Waals surface area contributed by atoms with Gasteiger partial charge < -0.3 is 9.52 Å². The van der Waals surface area contributed by atoms with Gasteiger partial charge in [-0.05, 0) is 26.7 Å². The molecular weight excluding hydrogens is 248 g/mol. The van der Waals surface area contributed by atoms with Gasteiger partial charge in [-0.3, -0.25) is 10.2 Å². The summed E-state index contributed by atoms with van der Waals surface area (Å²) >= 11 is 0. The molecule has 6 heteroatoms. The van der Waals surface area contributed by atoms with Crippen molar-refractivity contribution in [1.29, 1.82) is 0 Å². The number of carbonyl (C=O) groups is 2. The third kappa shape index (κ3) is 2.96. The van der Waals surface area contributed by atoms with Gasteiger partial charge in [-0.25, -0.2) is 9.80 Å². The number of nitrogens with zero attached hydrogens (tertiary/aromatic N) is 1. The Morgan fingerprint density at radius 1 is 1.37 bits per heavy atom. The first-order valence-electron chi connectivity index (χ1n) is 6.40. The lowest BCUT2D eigenvalue weighted by Crippen LogP contribution is -2.54. The van der Waals surface area contributed by atoms with Gasteiger partial charge >= 0.3 is 11.9 Å². The lowest BCUT2D eigenvalue weighted by atomic mass is 10.00. The van der Waals surface area contributed by atoms with Crippen LogP contribution in [0.1, 0.15) is 54.0 Å². The molecule has 0 spiro atoms. The monoisotopic (exact) mass is 266 g/mol. The number of hydrazine groups is 1. The zero-order valence-electron chi connectivity index (χ0n) is 11.0. The van der Waals surface area contributed by atoms with E-state index in [1.165, 1.54) is 6.07 Å². The quantitative estimate of drug-likeness (QED) is 0.872. The number of aromatic carboxylic acids is 1. The molecule has 1 aromatic rings. The minimum Gasteiger partial charge on any atom is -0.478 e. The van der Waals surface area contributed by atoms with Crippen LogP contribution >= 0.6 is 0 Å². The highest BCUT2D eigenvalue weighted by Crippen LogP contribution is 2.20. The molecule has 1 saturated heterocycles. The number of carboxylic acid groups (broad SMARTS) is 1. The van der Waals surface area contributed by atoms with Gasteiger partial charge in [0.2, 0.25) is 0 Å². The third-order valence-electron chi connectivity index (χ3n) is 3.49. The molecular formula is C13H18N2O4. The molecule has 0 saturated carbocycles. The molecule has 1 amide bonds. The van der Waals surface area contributed by atoms with Crippen molar-refractivity contribution in [2.75, 3.05) is 0 Å². The van der Waals surface area contributed by atoms with Gasteiger partial charge in [0.1, 0.15) is 6.26 Å². The molecule has 1 aromatic heterocycles. The molecule has 0 bridgehead atoms. The Morgan fingerprint density at radius 3 is 2.53 bits per heavy atom. The summed E-state index contributed by atoms with van der Waals surface area (Å²) in [5, 5.41) is 10.7. The van der Waals surface area contributed by atoms with E-state index in [-0.39, 0.29) is 23.4 Å². The SMILES string of the molecule is CC1CCCC(C)N1NC(=O)c1cc(C(=O)O)co1. The van der Waals surface area contributed by atoms with Crippen molar-refractivity contribution >= 4 is 11.9 Å². The summed E-state index contributed by atoms with van der Waals surface area (Å²) in [5.41, 5.74) is 2.77. The van der Waals surface area contributed by atoms with Crippen LogP contribution in [0.15, 0.2) is 16.7 Å². The lowest BCUT2D eigenvalue weighted by molar-refractivity contribution is 0.0351. The first-order chi connectivity index (χ1) is 8.99. The predicted molar refractivity (Wildman–Crippen MR) is 67.7 cm³/mol. The van der Waals surface area contributed by atoms with Crippen LogP contribution in [0.4, 0.5) is 0 Å². The molecule has 0 aliphatic carbocycles. The lowest BCUT2D eigenvalue weighted by Gasteiger charge is -2.38. The Kier molecular flexibility index (Phi) is 3.90. The van der Waals surface area contributed by atoms with E-state index in [0.29, 0.717) is 0 Å². The van der Waals surface area contributed by atoms with Gasteiger partial charge in [0.05, 0.1) is 5.56 Å². The minimum absolute atomic E-state index is 0.0161. The van der Waals surface area contributed by atoms with Crippen molar-refractivity contribution in [3.63, 3.8) is 0 Å². The molecule has 0 radical (unpaired) electrons. The average molecular weight is 266 g/mol. The van der Waals surface area contributed by atoms with Gasteiger partial charge in [0.25, 0.3) is 0 Å². The van der Waals surface area contributed by atoms with Crippen LogP contribution in [0.5, 0.6) is 0 Å². The van der Waals surface area contributed by atoms with Gasteiger partial charge in [-0.15, -0.1) is 0 Å². The normalized spacial score (nSPS) is 24.1. The van der Waals surface area contributed by atoms with Crippen LogP contribution in [0.2, 0.25) is 0 Å². The molecule has 0 aromatic carbocycles. The first-order valence-corrected chi connectivity index (χ1v) is 6.40. The number of hydrogen-bond donors (Lipinski definition) is 2. The van der Waals surface area contributed by atoms with E-state index in [4.69, 9.17) is 9.52 Å². The Balaban J connectivity index is 2.05. The molecule has 104 valence electrons. The van der Waals surface area contributed by atoms with Crippen LogP contribution < -0.4 is 5.43 Å². The summed E-state index contributed by atoms with van der Waals surface area (Å²) in [4.78, 5) is 22.7. The maximum atomic E-state index is 12.0. The molecule has 1 aliphatic rings. The number of rotatable bonds is 3. The second kappa shape index (κ2) is 5.44. The van der Waals surface area contributed by atoms with Gasteiger partial charge in [0.15, 0.2) is 5.76 Å². The molecule has 2 rings (SSSR count). The maximum absolute atomic E-state index is 12.0. The van der Waals surface area contributed by atoms with Crippen molar-refractivity contribution in [3.8, 4) is 0 Å². The van der Waals surface area contributed by atoms with Gasteiger partial charge in [0, 0.05) is 18.2 Å². The molecule has 2 heterocycles. The number of nitrogens with one attached hydrogen (secondary N) is 1. The first kappa shape index (κ1) is 13.6. The Morgan fingerprint density at radius 2 is 2.00 bits per heavy atom. The largest absolute Gasteiger partial charge is 0.478 e. The van der Waals surface area contributed by atoms with Crippen LogP contribution in [0.3, 0.4) is 0 Å². The summed E-state index contributed by atoms with van der Waals surface area (Å²) in [6.07, 6.45) is 4.28. The van der Waals surface area contributed by atoms with Crippen molar-refractivity contribution < 1.29 is 19.1 Å². The number of carbonyl (C=O) groups excluding carboxylic acids is 1. The molecule has 2 unspecified atom stereocenters. The standard InChI is InChI=1S/C13H18N2O4/c1-8-4-3-5-9(2)15(8)14-12(16)11-6-10(7-19-11)13(17)18/h6-9H,3-5H2,1-2H3,(H,14,16)(H,17,18). The predicted octanol–water partition coefficient (Wildman–Crippen LogP) is 1.89. The molecule has 1 aliphatic heterocycles. The van der Waals surface area contributed by atoms with E-state index < -0.39 is 11.9 Å². The second-order valence-electron chi connectivity index (χ2n) is 4.98. The zero-order valence-corrected chi connectivity index (χ0v) is 11.0. The summed E-state index contributed by atoms with van der Waals surface area (Å²) in [6, 6.07) is 1.76. The fourth-order valence-corrected chi connectivity index (χ4v) is 2.38. The summed E-state index contributed by atoms with van der Waals surface area (Å²) in [6.45, 7) is 4.11. The van der Waals surface area contributed by atoms with Crippen molar-refractivity contribution in [2.45, 2.75) is 45.2 Å². The third-order valence-corrected chi connectivity index (χ3v) is 3.49. The average Bonchev–Trinajstić information content (AvgIpc) is 2.83. The zero-order chi connectivity index (χ0) is 14.0. The molecule has 2 atom stereocenters. The smallest absolute Gasteiger partial charge is 0.338 e. The highest BCUT2D eigenvalue weighted by molar-refractivity contribution is 5.95. The van der Waals surface area contributed by atoms with Crippen molar-refractivity contribution in [3.05, 3.63) is 23.7 Å². The van der Waals surface area contributed by atoms with E-state index in [1.54, 1.807) is 0 Å². The topological polar surface area (TPSA) is 82.8 Å². The fourth-order valence-electron chi connectivity index (χ4n) is 2.38. The van der Waals surface area contributed by atoms with E-state index in [0.717, 1.165) is 25.5 Å². The summed E-state index contributed by atoms with van der Waals surface area (Å²) < 4.78 is 4.98. The summed E-state index contributed by atoms with van der Waals surface area (Å²) in [7, 11) is 0. The van der Waals surface area contributed by atoms with Gasteiger partial charge in [-0.1, -0.05) is 6.42 Å². The Hall–Kier alpha value is -1.82. The van der Waals surface area contributed by atoms with Crippen LogP contribution in [-0.2, 0) is 0 Å². The van der Waals surface area contributed by atoms with Crippen molar-refractivity contribution in [2.24, 2.45) is 0 Å². The minimum atomic E-state index is -1.11. The highest BCUT2D eigenvalue weighted by atomic mass is 16.4. The van der Waals surface area contributed by atoms with Crippen molar-refractivity contribution in [1.82, 2.24) is 10.4 Å². The molecule has 19 heavy (non-hydrogen) atoms. The van der Waals surface area contributed by atoms with Gasteiger partial charge in [-0.2, -0.15) is 0 Å². The number of amides is 1. The number of furan rings is 1. The van der Waals surface area contributed by atoms with Crippen LogP contribution in [0, 0.1) is 0 Å². The highest BCUT2D eigenvalue weighted by Gasteiger charge is 2.27. The summed E-state index contributed by atoms with van der Waals surface area (Å²) in [5.74, 6) is -1.50. The molecule has 2 N–H and O–H groups in total. The number of piperidine rings is 1. The van der Waals surface area contributed by atoms with E-state index in [9.17, 15) is 9.59 Å². The molecule has 6 nitrogen and oxygen atoms in total. The number of carboxylic acids is 1. The fraction of sp³-hybridized carbons (Fsp3) is 0.538. The van der Waals surface area contributed by atoms with Crippen LogP contribution in [0.25, 0.3) is 0 Å². The molecule has 1 fully saturated rings. The Labute approximate surface area is 111 Å². The number of hydrogen-bond acceptors (Lipinski definition) is 4. The van der Waals surface area contributed by atoms with E-state index in [2.05, 4.69) is 19.3 Å². The van der Waals surface area contributed by atoms with Crippen LogP contribution in [-0.4, -0.2) is 34.1 Å². The second-order valence-corrected chi connectivity index (χ2v) is 4.98.